The Kier molecular flexibility index (Phi) is 11.3. The fourth-order valence-electron chi connectivity index (χ4n) is 6.68. The van der Waals surface area contributed by atoms with Gasteiger partial charge in [-0.3, -0.25) is 24.4 Å². The lowest BCUT2D eigenvalue weighted by Crippen LogP contribution is -2.59. The maximum Gasteiger partial charge on any atom is 0.411 e. The second-order valence-corrected chi connectivity index (χ2v) is 17.1. The molecule has 15 nitrogen and oxygen atoms in total. The molecular weight excluding hydrogens is 719 g/mol. The van der Waals surface area contributed by atoms with Crippen LogP contribution in [0, 0.1) is 5.92 Å². The number of rotatable bonds is 7. The van der Waals surface area contributed by atoms with Crippen molar-refractivity contribution in [3.8, 4) is 11.1 Å². The summed E-state index contributed by atoms with van der Waals surface area (Å²) in [5.41, 5.74) is -0.350. The van der Waals surface area contributed by atoms with E-state index in [-0.39, 0.29) is 32.6 Å². The number of amides is 5. The number of allylic oxidation sites excluding steroid dienone is 1. The molecule has 6 rings (SSSR count). The number of carbonyl (C=O) groups excluding carboxylic acids is 5. The number of hydrogen-bond acceptors (Lipinski definition) is 10. The Labute approximate surface area is 314 Å². The standard InChI is InChI=1S/C38H47N5O10S/c1-37(2,3)53-36(48)40-30-23-51-19-11-5-8-14-25-21-38(25,34(46)42-54(49,50)27-17-18-27)41-32(44)31-20-26(22-43(31)33(30)45)52-35(47)39-29-16-10-9-15-28(29)24-12-6-4-7-13-24/h4,6-10,12-16,25-27,30-31H,5,11,17-23H2,1-3H3,(H,39,47)(H,40,48)(H,41,44)(H,42,46)/b14-8+. The third-order valence-electron chi connectivity index (χ3n) is 9.64. The van der Waals surface area contributed by atoms with Gasteiger partial charge in [0.25, 0.3) is 5.91 Å². The molecule has 1 saturated heterocycles. The van der Waals surface area contributed by atoms with Gasteiger partial charge in [-0.2, -0.15) is 0 Å². The van der Waals surface area contributed by atoms with Gasteiger partial charge in [0.2, 0.25) is 21.8 Å². The van der Waals surface area contributed by atoms with Gasteiger partial charge in [-0.15, -0.1) is 0 Å². The number of fused-ring (bicyclic) bond motifs is 2. The molecule has 2 aliphatic carbocycles. The van der Waals surface area contributed by atoms with Gasteiger partial charge in [-0.05, 0) is 64.5 Å². The van der Waals surface area contributed by atoms with E-state index in [1.807, 2.05) is 48.5 Å². The molecule has 2 aliphatic heterocycles. The molecule has 2 heterocycles. The van der Waals surface area contributed by atoms with Crippen molar-refractivity contribution < 1.29 is 46.6 Å². The molecule has 4 N–H and O–H groups in total. The molecule has 5 unspecified atom stereocenters. The highest BCUT2D eigenvalue weighted by Gasteiger charge is 2.62. The van der Waals surface area contributed by atoms with E-state index in [0.29, 0.717) is 31.4 Å². The molecule has 4 aliphatic rings. The number of benzene rings is 2. The normalized spacial score (nSPS) is 26.8. The van der Waals surface area contributed by atoms with E-state index in [1.54, 1.807) is 39.0 Å². The molecule has 16 heteroatoms. The molecular formula is C38H47N5O10S. The van der Waals surface area contributed by atoms with Crippen molar-refractivity contribution in [2.75, 3.05) is 25.1 Å². The van der Waals surface area contributed by atoms with E-state index < -0.39 is 80.4 Å². The summed E-state index contributed by atoms with van der Waals surface area (Å²) in [6.07, 6.45) is 2.91. The van der Waals surface area contributed by atoms with Crippen molar-refractivity contribution in [1.29, 1.82) is 0 Å². The fraction of sp³-hybridized carbons (Fsp3) is 0.500. The second kappa shape index (κ2) is 15.8. The van der Waals surface area contributed by atoms with Crippen LogP contribution in [0.5, 0.6) is 0 Å². The van der Waals surface area contributed by atoms with Gasteiger partial charge in [-0.1, -0.05) is 60.7 Å². The highest BCUT2D eigenvalue weighted by atomic mass is 32.2. The van der Waals surface area contributed by atoms with Gasteiger partial charge in [-0.25, -0.2) is 18.0 Å². The third-order valence-corrected chi connectivity index (χ3v) is 11.5. The summed E-state index contributed by atoms with van der Waals surface area (Å²) in [7, 11) is -3.93. The van der Waals surface area contributed by atoms with Crippen molar-refractivity contribution in [3.63, 3.8) is 0 Å². The summed E-state index contributed by atoms with van der Waals surface area (Å²) in [5.74, 6) is -2.80. The van der Waals surface area contributed by atoms with Crippen molar-refractivity contribution >= 4 is 45.6 Å². The quantitative estimate of drug-likeness (QED) is 0.302. The lowest BCUT2D eigenvalue weighted by atomic mass is 10.0. The van der Waals surface area contributed by atoms with Crippen molar-refractivity contribution in [2.24, 2.45) is 5.92 Å². The Morgan fingerprint density at radius 2 is 1.72 bits per heavy atom. The molecule has 5 amide bonds. The molecule has 0 bridgehead atoms. The Bertz CT molecular complexity index is 1890. The minimum atomic E-state index is -3.93. The molecule has 2 aromatic carbocycles. The average Bonchev–Trinajstić information content (AvgIpc) is 4.03. The zero-order valence-electron chi connectivity index (χ0n) is 30.5. The highest BCUT2D eigenvalue weighted by Crippen LogP contribution is 2.46. The Balaban J connectivity index is 1.25. The Morgan fingerprint density at radius 3 is 2.44 bits per heavy atom. The van der Waals surface area contributed by atoms with Gasteiger partial charge in [0.1, 0.15) is 29.3 Å². The van der Waals surface area contributed by atoms with Gasteiger partial charge < -0.3 is 29.7 Å². The zero-order chi connectivity index (χ0) is 38.7. The number of anilines is 1. The van der Waals surface area contributed by atoms with Crippen molar-refractivity contribution in [1.82, 2.24) is 20.3 Å². The molecule has 0 aromatic heterocycles. The van der Waals surface area contributed by atoms with Gasteiger partial charge in [0.05, 0.1) is 24.1 Å². The number of nitrogens with zero attached hydrogens (tertiary/aromatic N) is 1. The monoisotopic (exact) mass is 765 g/mol. The van der Waals surface area contributed by atoms with Crippen LogP contribution in [-0.4, -0.2) is 97.6 Å². The maximum atomic E-state index is 14.3. The van der Waals surface area contributed by atoms with E-state index in [0.717, 1.165) is 11.1 Å². The van der Waals surface area contributed by atoms with Gasteiger partial charge in [0.15, 0.2) is 0 Å². The topological polar surface area (TPSA) is 199 Å². The van der Waals surface area contributed by atoms with E-state index in [2.05, 4.69) is 20.7 Å². The van der Waals surface area contributed by atoms with Gasteiger partial charge in [0, 0.05) is 24.5 Å². The first-order valence-electron chi connectivity index (χ1n) is 18.2. The molecule has 0 spiro atoms. The molecule has 5 atom stereocenters. The predicted molar refractivity (Wildman–Crippen MR) is 197 cm³/mol. The number of para-hydroxylation sites is 1. The van der Waals surface area contributed by atoms with Crippen LogP contribution in [0.3, 0.4) is 0 Å². The van der Waals surface area contributed by atoms with Crippen LogP contribution < -0.4 is 20.7 Å². The highest BCUT2D eigenvalue weighted by molar-refractivity contribution is 7.91. The van der Waals surface area contributed by atoms with Crippen LogP contribution >= 0.6 is 0 Å². The van der Waals surface area contributed by atoms with Gasteiger partial charge >= 0.3 is 12.2 Å². The lowest BCUT2D eigenvalue weighted by molar-refractivity contribution is -0.142. The Morgan fingerprint density at radius 1 is 1.00 bits per heavy atom. The van der Waals surface area contributed by atoms with Crippen LogP contribution in [-0.2, 0) is 38.6 Å². The van der Waals surface area contributed by atoms with Crippen LogP contribution in [0.4, 0.5) is 15.3 Å². The first kappa shape index (κ1) is 38.8. The molecule has 2 saturated carbocycles. The van der Waals surface area contributed by atoms with Crippen molar-refractivity contribution in [3.05, 3.63) is 66.7 Å². The van der Waals surface area contributed by atoms with E-state index >= 15 is 0 Å². The second-order valence-electron chi connectivity index (χ2n) is 15.1. The summed E-state index contributed by atoms with van der Waals surface area (Å²) in [4.78, 5) is 69.5. The first-order chi connectivity index (χ1) is 25.6. The SMILES string of the molecule is CC(C)(C)OC(=O)NC1COCCC/C=C/C2CC2(C(=O)NS(=O)(=O)C2CC2)NC(=O)C2CC(OC(=O)Nc3ccccc3-c3ccccc3)CN2C1=O. The van der Waals surface area contributed by atoms with Crippen molar-refractivity contribution in [2.45, 2.75) is 93.9 Å². The first-order valence-corrected chi connectivity index (χ1v) is 19.7. The van der Waals surface area contributed by atoms with Crippen LogP contribution in [0.1, 0.15) is 59.3 Å². The number of ether oxygens (including phenoxy) is 3. The predicted octanol–water partition coefficient (Wildman–Crippen LogP) is 3.61. The number of hydrogen-bond donors (Lipinski definition) is 4. The maximum absolute atomic E-state index is 14.3. The summed E-state index contributed by atoms with van der Waals surface area (Å²) in [5, 5.41) is 7.45. The number of nitrogens with one attached hydrogen (secondary N) is 4. The minimum absolute atomic E-state index is 0.143. The van der Waals surface area contributed by atoms with Crippen LogP contribution in [0.2, 0.25) is 0 Å². The number of alkyl carbamates (subject to hydrolysis) is 1. The van der Waals surface area contributed by atoms with E-state index in [4.69, 9.17) is 14.2 Å². The third kappa shape index (κ3) is 9.39. The average molecular weight is 766 g/mol. The summed E-state index contributed by atoms with van der Waals surface area (Å²) < 4.78 is 44.7. The summed E-state index contributed by atoms with van der Waals surface area (Å²) in [6.45, 7) is 4.80. The van der Waals surface area contributed by atoms with Crippen LogP contribution in [0.15, 0.2) is 66.7 Å². The minimum Gasteiger partial charge on any atom is -0.444 e. The fourth-order valence-corrected chi connectivity index (χ4v) is 8.05. The summed E-state index contributed by atoms with van der Waals surface area (Å²) >= 11 is 0. The smallest absolute Gasteiger partial charge is 0.411 e. The zero-order valence-corrected chi connectivity index (χ0v) is 31.4. The number of sulfonamides is 1. The van der Waals surface area contributed by atoms with E-state index in [1.165, 1.54) is 4.90 Å². The molecule has 290 valence electrons. The molecule has 54 heavy (non-hydrogen) atoms. The number of carbonyl (C=O) groups is 5. The Hall–Kier alpha value is -4.96. The summed E-state index contributed by atoms with van der Waals surface area (Å²) in [6, 6.07) is 14.1. The largest absolute Gasteiger partial charge is 0.444 e. The lowest BCUT2D eigenvalue weighted by Gasteiger charge is -2.30. The van der Waals surface area contributed by atoms with E-state index in [9.17, 15) is 32.4 Å². The molecule has 0 radical (unpaired) electrons. The molecule has 2 aromatic rings. The van der Waals surface area contributed by atoms with Crippen LogP contribution in [0.25, 0.3) is 11.1 Å². The molecule has 3 fully saturated rings.